The molecule has 0 saturated carbocycles. The molecule has 2 aromatic heterocycles. The van der Waals surface area contributed by atoms with Crippen molar-refractivity contribution in [1.82, 2.24) is 14.9 Å². The molecule has 0 atom stereocenters. The summed E-state index contributed by atoms with van der Waals surface area (Å²) in [6.07, 6.45) is 0. The van der Waals surface area contributed by atoms with E-state index in [1.807, 2.05) is 30.3 Å². The Bertz CT molecular complexity index is 962. The monoisotopic (exact) mass is 365 g/mol. The third kappa shape index (κ3) is 3.52. The fraction of sp³-hybridized carbons (Fsp3) is 0.250. The Kier molecular flexibility index (Phi) is 4.47. The molecular formula is C16H16ClN3O3S. The van der Waals surface area contributed by atoms with Crippen LogP contribution in [-0.2, 0) is 21.3 Å². The fourth-order valence-electron chi connectivity index (χ4n) is 2.42. The first-order valence-corrected chi connectivity index (χ1v) is 9.48. The third-order valence-corrected chi connectivity index (χ3v) is 5.38. The normalized spacial score (nSPS) is 11.8. The zero-order valence-electron chi connectivity index (χ0n) is 13.2. The predicted molar refractivity (Wildman–Crippen MR) is 90.9 cm³/mol. The molecule has 0 aliphatic carbocycles. The van der Waals surface area contributed by atoms with Gasteiger partial charge in [-0.2, -0.15) is 5.10 Å². The standard InChI is InChI=1S/C16H16ClN3O3S/c1-11-8-13(19-23-11)9-24(21,22)10-15-12(2)18-20(16(15)17)14-6-4-3-5-7-14/h3-8H,9-10H2,1-2H3. The van der Waals surface area contributed by atoms with E-state index in [2.05, 4.69) is 10.3 Å². The average Bonchev–Trinajstić information content (AvgIpc) is 3.05. The van der Waals surface area contributed by atoms with Gasteiger partial charge in [0, 0.05) is 11.6 Å². The van der Waals surface area contributed by atoms with Gasteiger partial charge in [0.05, 0.1) is 28.6 Å². The van der Waals surface area contributed by atoms with Gasteiger partial charge in [-0.15, -0.1) is 0 Å². The molecule has 1 aromatic carbocycles. The van der Waals surface area contributed by atoms with Gasteiger partial charge in [-0.1, -0.05) is 35.0 Å². The van der Waals surface area contributed by atoms with Crippen molar-refractivity contribution >= 4 is 21.4 Å². The Hall–Kier alpha value is -2.12. The van der Waals surface area contributed by atoms with E-state index in [-0.39, 0.29) is 11.5 Å². The molecule has 0 N–H and O–H groups in total. The molecule has 3 rings (SSSR count). The van der Waals surface area contributed by atoms with Crippen LogP contribution in [0.15, 0.2) is 40.9 Å². The molecule has 0 bridgehead atoms. The molecule has 0 fully saturated rings. The van der Waals surface area contributed by atoms with E-state index in [4.69, 9.17) is 16.1 Å². The summed E-state index contributed by atoms with van der Waals surface area (Å²) in [5.74, 6) is 0.179. The molecule has 0 saturated heterocycles. The highest BCUT2D eigenvalue weighted by atomic mass is 35.5. The summed E-state index contributed by atoms with van der Waals surface area (Å²) in [4.78, 5) is 0. The van der Waals surface area contributed by atoms with Crippen molar-refractivity contribution in [1.29, 1.82) is 0 Å². The average molecular weight is 366 g/mol. The molecule has 0 unspecified atom stereocenters. The maximum atomic E-state index is 12.5. The Balaban J connectivity index is 1.89. The number of benzene rings is 1. The van der Waals surface area contributed by atoms with E-state index in [9.17, 15) is 8.42 Å². The molecule has 0 aliphatic rings. The summed E-state index contributed by atoms with van der Waals surface area (Å²) < 4.78 is 31.4. The SMILES string of the molecule is Cc1cc(CS(=O)(=O)Cc2c(C)nn(-c3ccccc3)c2Cl)no1. The van der Waals surface area contributed by atoms with Gasteiger partial charge in [0.2, 0.25) is 0 Å². The maximum Gasteiger partial charge on any atom is 0.160 e. The topological polar surface area (TPSA) is 78.0 Å². The van der Waals surface area contributed by atoms with Gasteiger partial charge < -0.3 is 4.52 Å². The molecular weight excluding hydrogens is 350 g/mol. The maximum absolute atomic E-state index is 12.5. The van der Waals surface area contributed by atoms with E-state index in [0.717, 1.165) is 5.69 Å². The van der Waals surface area contributed by atoms with Gasteiger partial charge in [-0.05, 0) is 26.0 Å². The summed E-state index contributed by atoms with van der Waals surface area (Å²) in [7, 11) is -3.45. The van der Waals surface area contributed by atoms with E-state index in [1.165, 1.54) is 0 Å². The number of halogens is 1. The molecule has 8 heteroatoms. The van der Waals surface area contributed by atoms with Crippen molar-refractivity contribution in [2.75, 3.05) is 0 Å². The van der Waals surface area contributed by atoms with Crippen LogP contribution in [0.1, 0.15) is 22.7 Å². The molecule has 0 amide bonds. The molecule has 24 heavy (non-hydrogen) atoms. The summed E-state index contributed by atoms with van der Waals surface area (Å²) in [6.45, 7) is 3.46. The Morgan fingerprint density at radius 3 is 2.50 bits per heavy atom. The molecule has 126 valence electrons. The molecule has 6 nitrogen and oxygen atoms in total. The summed E-state index contributed by atoms with van der Waals surface area (Å²) in [5, 5.41) is 8.40. The highest BCUT2D eigenvalue weighted by Gasteiger charge is 2.22. The zero-order valence-corrected chi connectivity index (χ0v) is 14.8. The first-order valence-electron chi connectivity index (χ1n) is 7.28. The van der Waals surface area contributed by atoms with Gasteiger partial charge >= 0.3 is 0 Å². The molecule has 0 aliphatic heterocycles. The first kappa shape index (κ1) is 16.7. The number of aryl methyl sites for hydroxylation is 2. The van der Waals surface area contributed by atoms with Crippen molar-refractivity contribution in [3.8, 4) is 5.69 Å². The van der Waals surface area contributed by atoms with Crippen molar-refractivity contribution in [2.45, 2.75) is 25.4 Å². The van der Waals surface area contributed by atoms with Crippen LogP contribution in [0.2, 0.25) is 5.15 Å². The quantitative estimate of drug-likeness (QED) is 0.693. The van der Waals surface area contributed by atoms with Gasteiger partial charge in [-0.25, -0.2) is 13.1 Å². The van der Waals surface area contributed by atoms with Crippen molar-refractivity contribution in [2.24, 2.45) is 0 Å². The predicted octanol–water partition coefficient (Wildman–Crippen LogP) is 3.25. The lowest BCUT2D eigenvalue weighted by Gasteiger charge is -2.04. The number of nitrogens with zero attached hydrogens (tertiary/aromatic N) is 3. The Labute approximate surface area is 145 Å². The number of hydrogen-bond acceptors (Lipinski definition) is 5. The number of sulfone groups is 1. The van der Waals surface area contributed by atoms with Crippen LogP contribution in [0.5, 0.6) is 0 Å². The minimum absolute atomic E-state index is 0.198. The van der Waals surface area contributed by atoms with E-state index in [0.29, 0.717) is 27.9 Å². The van der Waals surface area contributed by atoms with Crippen LogP contribution in [0.3, 0.4) is 0 Å². The van der Waals surface area contributed by atoms with E-state index in [1.54, 1.807) is 24.6 Å². The molecule has 0 spiro atoms. The largest absolute Gasteiger partial charge is 0.361 e. The smallest absolute Gasteiger partial charge is 0.160 e. The van der Waals surface area contributed by atoms with Crippen molar-refractivity contribution < 1.29 is 12.9 Å². The number of rotatable bonds is 5. The number of aromatic nitrogens is 3. The lowest BCUT2D eigenvalue weighted by molar-refractivity contribution is 0.392. The van der Waals surface area contributed by atoms with Crippen molar-refractivity contribution in [3.63, 3.8) is 0 Å². The van der Waals surface area contributed by atoms with Crippen LogP contribution < -0.4 is 0 Å². The lowest BCUT2D eigenvalue weighted by atomic mass is 10.3. The van der Waals surface area contributed by atoms with Gasteiger partial charge in [-0.3, -0.25) is 0 Å². The van der Waals surface area contributed by atoms with E-state index >= 15 is 0 Å². The fourth-order valence-corrected chi connectivity index (χ4v) is 4.31. The Morgan fingerprint density at radius 1 is 1.17 bits per heavy atom. The Morgan fingerprint density at radius 2 is 1.88 bits per heavy atom. The van der Waals surface area contributed by atoms with Crippen molar-refractivity contribution in [3.05, 3.63) is 64.3 Å². The van der Waals surface area contributed by atoms with E-state index < -0.39 is 9.84 Å². The molecule has 0 radical (unpaired) electrons. The summed E-state index contributed by atoms with van der Waals surface area (Å²) in [5.41, 5.74) is 2.25. The highest BCUT2D eigenvalue weighted by molar-refractivity contribution is 7.89. The van der Waals surface area contributed by atoms with Gasteiger partial charge in [0.25, 0.3) is 0 Å². The molecule has 2 heterocycles. The minimum atomic E-state index is -3.45. The van der Waals surface area contributed by atoms with Crippen LogP contribution in [0.25, 0.3) is 5.69 Å². The molecule has 3 aromatic rings. The van der Waals surface area contributed by atoms with Gasteiger partial charge in [0.1, 0.15) is 10.9 Å². The third-order valence-electron chi connectivity index (χ3n) is 3.53. The second kappa shape index (κ2) is 6.41. The minimum Gasteiger partial charge on any atom is -0.361 e. The highest BCUT2D eigenvalue weighted by Crippen LogP contribution is 2.26. The second-order valence-electron chi connectivity index (χ2n) is 5.56. The number of para-hydroxylation sites is 1. The number of hydrogen-bond donors (Lipinski definition) is 0. The van der Waals surface area contributed by atoms with Crippen LogP contribution in [-0.4, -0.2) is 23.4 Å². The zero-order chi connectivity index (χ0) is 17.3. The second-order valence-corrected chi connectivity index (χ2v) is 7.99. The summed E-state index contributed by atoms with van der Waals surface area (Å²) >= 11 is 6.38. The lowest BCUT2D eigenvalue weighted by Crippen LogP contribution is -2.08. The van der Waals surface area contributed by atoms with Crippen LogP contribution >= 0.6 is 11.6 Å². The van der Waals surface area contributed by atoms with Crippen LogP contribution in [0.4, 0.5) is 0 Å². The first-order chi connectivity index (χ1) is 11.4. The summed E-state index contributed by atoms with van der Waals surface area (Å²) in [6, 6.07) is 10.9. The van der Waals surface area contributed by atoms with Gasteiger partial charge in [0.15, 0.2) is 9.84 Å². The van der Waals surface area contributed by atoms with Crippen LogP contribution in [0, 0.1) is 13.8 Å².